The van der Waals surface area contributed by atoms with Gasteiger partial charge in [0, 0.05) is 23.2 Å². The lowest BCUT2D eigenvalue weighted by atomic mass is 10.2. The van der Waals surface area contributed by atoms with Crippen LogP contribution in [0, 0.1) is 6.92 Å². The third kappa shape index (κ3) is 4.59. The molecule has 0 aliphatic rings. The molecule has 0 aliphatic carbocycles. The minimum atomic E-state index is -0.372. The van der Waals surface area contributed by atoms with E-state index in [0.29, 0.717) is 55.9 Å². The van der Waals surface area contributed by atoms with Gasteiger partial charge in [0.2, 0.25) is 5.13 Å². The first-order valence-corrected chi connectivity index (χ1v) is 10.7. The van der Waals surface area contributed by atoms with Gasteiger partial charge in [0.15, 0.2) is 11.5 Å². The Labute approximate surface area is 198 Å². The fraction of sp³-hybridized carbons (Fsp3) is 0.190. The van der Waals surface area contributed by atoms with Crippen molar-refractivity contribution in [3.8, 4) is 34.5 Å². The number of halogens is 1. The molecule has 12 heteroatoms. The van der Waals surface area contributed by atoms with Gasteiger partial charge in [-0.3, -0.25) is 10.1 Å². The van der Waals surface area contributed by atoms with Gasteiger partial charge in [-0.05, 0) is 37.3 Å². The van der Waals surface area contributed by atoms with Crippen molar-refractivity contribution < 1.29 is 19.0 Å². The molecule has 0 atom stereocenters. The highest BCUT2D eigenvalue weighted by molar-refractivity contribution is 7.10. The topological polar surface area (TPSA) is 113 Å². The number of anilines is 1. The molecule has 0 bridgehead atoms. The third-order valence-corrected chi connectivity index (χ3v) is 5.67. The first-order valence-electron chi connectivity index (χ1n) is 9.58. The largest absolute Gasteiger partial charge is 0.497 e. The zero-order valence-electron chi connectivity index (χ0n) is 18.1. The SMILES string of the molecule is COc1cc(OC)cc(C(=O)Nc2nc(-c3nnn(-c4ccc(OC)c(Cl)c4)c3C)ns2)c1. The average molecular weight is 487 g/mol. The first-order chi connectivity index (χ1) is 15.9. The molecule has 0 saturated heterocycles. The van der Waals surface area contributed by atoms with E-state index < -0.39 is 0 Å². The normalized spacial score (nSPS) is 10.7. The summed E-state index contributed by atoms with van der Waals surface area (Å²) in [7, 11) is 4.58. The number of aromatic nitrogens is 5. The van der Waals surface area contributed by atoms with Crippen molar-refractivity contribution in [2.75, 3.05) is 26.6 Å². The number of carbonyl (C=O) groups is 1. The average Bonchev–Trinajstić information content (AvgIpc) is 3.44. The summed E-state index contributed by atoms with van der Waals surface area (Å²) in [5, 5.41) is 11.9. The molecule has 0 aliphatic heterocycles. The molecule has 33 heavy (non-hydrogen) atoms. The van der Waals surface area contributed by atoms with Crippen LogP contribution in [0.3, 0.4) is 0 Å². The van der Waals surface area contributed by atoms with Gasteiger partial charge in [0.25, 0.3) is 5.91 Å². The lowest BCUT2D eigenvalue weighted by Gasteiger charge is -2.07. The van der Waals surface area contributed by atoms with Crippen molar-refractivity contribution >= 4 is 34.2 Å². The summed E-state index contributed by atoms with van der Waals surface area (Å²) in [6.07, 6.45) is 0. The Balaban J connectivity index is 1.56. The molecular formula is C21H19ClN6O4S. The predicted octanol–water partition coefficient (Wildman–Crippen LogP) is 4.03. The van der Waals surface area contributed by atoms with Crippen molar-refractivity contribution in [2.45, 2.75) is 6.92 Å². The van der Waals surface area contributed by atoms with Crippen LogP contribution in [-0.4, -0.2) is 51.6 Å². The van der Waals surface area contributed by atoms with Crippen molar-refractivity contribution in [1.29, 1.82) is 0 Å². The maximum Gasteiger partial charge on any atom is 0.257 e. The van der Waals surface area contributed by atoms with E-state index in [9.17, 15) is 4.79 Å². The smallest absolute Gasteiger partial charge is 0.257 e. The molecule has 2 aromatic carbocycles. The number of ether oxygens (including phenoxy) is 3. The summed E-state index contributed by atoms with van der Waals surface area (Å²) in [6, 6.07) is 10.2. The highest BCUT2D eigenvalue weighted by Crippen LogP contribution is 2.29. The van der Waals surface area contributed by atoms with E-state index in [4.69, 9.17) is 25.8 Å². The Morgan fingerprint density at radius 3 is 2.42 bits per heavy atom. The lowest BCUT2D eigenvalue weighted by molar-refractivity contribution is 0.102. The summed E-state index contributed by atoms with van der Waals surface area (Å²) in [5.74, 6) is 1.55. The minimum absolute atomic E-state index is 0.318. The number of rotatable bonds is 7. The van der Waals surface area contributed by atoms with Crippen LogP contribution in [-0.2, 0) is 0 Å². The summed E-state index contributed by atoms with van der Waals surface area (Å²) in [4.78, 5) is 17.1. The number of benzene rings is 2. The van der Waals surface area contributed by atoms with Crippen LogP contribution in [0.25, 0.3) is 17.2 Å². The maximum atomic E-state index is 12.7. The molecule has 4 aromatic rings. The molecule has 10 nitrogen and oxygen atoms in total. The minimum Gasteiger partial charge on any atom is -0.497 e. The maximum absolute atomic E-state index is 12.7. The second-order valence-corrected chi connectivity index (χ2v) is 7.89. The second kappa shape index (κ2) is 9.43. The molecule has 4 rings (SSSR count). The summed E-state index contributed by atoms with van der Waals surface area (Å²) >= 11 is 7.27. The number of amides is 1. The first kappa shape index (κ1) is 22.5. The number of nitrogens with one attached hydrogen (secondary N) is 1. The Morgan fingerprint density at radius 1 is 1.06 bits per heavy atom. The van der Waals surface area contributed by atoms with Gasteiger partial charge in [-0.1, -0.05) is 16.8 Å². The van der Waals surface area contributed by atoms with Gasteiger partial charge in [0.1, 0.15) is 17.2 Å². The highest BCUT2D eigenvalue weighted by atomic mass is 35.5. The fourth-order valence-corrected chi connectivity index (χ4v) is 3.86. The predicted molar refractivity (Wildman–Crippen MR) is 124 cm³/mol. The lowest BCUT2D eigenvalue weighted by Crippen LogP contribution is -2.12. The van der Waals surface area contributed by atoms with E-state index in [2.05, 4.69) is 25.0 Å². The molecule has 170 valence electrons. The van der Waals surface area contributed by atoms with E-state index in [-0.39, 0.29) is 5.91 Å². The van der Waals surface area contributed by atoms with Crippen molar-refractivity contribution in [2.24, 2.45) is 0 Å². The molecule has 2 heterocycles. The molecule has 1 amide bonds. The molecule has 0 fully saturated rings. The van der Waals surface area contributed by atoms with E-state index in [1.54, 1.807) is 42.1 Å². The van der Waals surface area contributed by atoms with Crippen LogP contribution in [0.5, 0.6) is 17.2 Å². The Hall–Kier alpha value is -3.70. The number of nitrogens with zero attached hydrogens (tertiary/aromatic N) is 5. The van der Waals surface area contributed by atoms with Crippen LogP contribution >= 0.6 is 23.1 Å². The van der Waals surface area contributed by atoms with Crippen molar-refractivity contribution in [3.05, 3.63) is 52.7 Å². The standard InChI is InChI=1S/C21H19ClN6O4S/c1-11-18(25-27-28(11)13-5-6-17(32-4)16(22)9-13)19-23-21(33-26-19)24-20(29)12-7-14(30-2)10-15(8-12)31-3/h5-10H,1-4H3,(H,23,24,26,29). The molecule has 0 saturated carbocycles. The van der Waals surface area contributed by atoms with Crippen molar-refractivity contribution in [3.63, 3.8) is 0 Å². The molecular weight excluding hydrogens is 468 g/mol. The van der Waals surface area contributed by atoms with Gasteiger partial charge in [-0.15, -0.1) is 5.10 Å². The molecule has 0 unspecified atom stereocenters. The number of hydrogen-bond acceptors (Lipinski definition) is 9. The third-order valence-electron chi connectivity index (χ3n) is 4.75. The van der Waals surface area contributed by atoms with Gasteiger partial charge in [0.05, 0.1) is 37.7 Å². The van der Waals surface area contributed by atoms with Gasteiger partial charge in [-0.2, -0.15) is 9.36 Å². The van der Waals surface area contributed by atoms with E-state index in [1.165, 1.54) is 14.2 Å². The molecule has 2 aromatic heterocycles. The Kier molecular flexibility index (Phi) is 6.43. The quantitative estimate of drug-likeness (QED) is 0.416. The molecule has 1 N–H and O–H groups in total. The zero-order chi connectivity index (χ0) is 23.5. The van der Waals surface area contributed by atoms with Gasteiger partial charge >= 0.3 is 0 Å². The monoisotopic (exact) mass is 486 g/mol. The summed E-state index contributed by atoms with van der Waals surface area (Å²) in [6.45, 7) is 1.84. The fourth-order valence-electron chi connectivity index (χ4n) is 3.05. The van der Waals surface area contributed by atoms with Crippen LogP contribution in [0.1, 0.15) is 16.1 Å². The number of methoxy groups -OCH3 is 3. The second-order valence-electron chi connectivity index (χ2n) is 6.73. The van der Waals surface area contributed by atoms with Crippen LogP contribution < -0.4 is 19.5 Å². The highest BCUT2D eigenvalue weighted by Gasteiger charge is 2.19. The Morgan fingerprint density at radius 2 is 1.79 bits per heavy atom. The van der Waals surface area contributed by atoms with Crippen LogP contribution in [0.4, 0.5) is 5.13 Å². The molecule has 0 radical (unpaired) electrons. The van der Waals surface area contributed by atoms with E-state index in [0.717, 1.165) is 11.5 Å². The van der Waals surface area contributed by atoms with Crippen LogP contribution in [0.2, 0.25) is 5.02 Å². The number of carbonyl (C=O) groups excluding carboxylic acids is 1. The van der Waals surface area contributed by atoms with Gasteiger partial charge in [-0.25, -0.2) is 4.68 Å². The number of hydrogen-bond donors (Lipinski definition) is 1. The summed E-state index contributed by atoms with van der Waals surface area (Å²) in [5.41, 5.74) is 2.28. The molecule has 0 spiro atoms. The van der Waals surface area contributed by atoms with Crippen LogP contribution in [0.15, 0.2) is 36.4 Å². The van der Waals surface area contributed by atoms with Gasteiger partial charge < -0.3 is 14.2 Å². The Bertz CT molecular complexity index is 1300. The summed E-state index contributed by atoms with van der Waals surface area (Å²) < 4.78 is 21.6. The van der Waals surface area contributed by atoms with E-state index in [1.807, 2.05) is 13.0 Å². The zero-order valence-corrected chi connectivity index (χ0v) is 19.7. The van der Waals surface area contributed by atoms with E-state index >= 15 is 0 Å². The van der Waals surface area contributed by atoms with Crippen molar-refractivity contribution in [1.82, 2.24) is 24.4 Å².